The number of aliphatic hydroxyl groups is 3. The normalized spacial score (nSPS) is 45.2. The summed E-state index contributed by atoms with van der Waals surface area (Å²) in [6, 6.07) is 22.5. The molecule has 2 aliphatic heterocycles. The van der Waals surface area contributed by atoms with Crippen LogP contribution in [0.15, 0.2) is 60.7 Å². The molecule has 4 aliphatic carbocycles. The molecule has 0 radical (unpaired) electrons. The number of hydrogen-bond acceptors (Lipinski definition) is 4. The maximum atomic E-state index is 12.4. The lowest BCUT2D eigenvalue weighted by molar-refractivity contribution is -0.177. The number of hydrogen-bond donors (Lipinski definition) is 3. The van der Waals surface area contributed by atoms with Crippen LogP contribution in [0.4, 0.5) is 0 Å². The van der Waals surface area contributed by atoms with E-state index in [1.807, 2.05) is 0 Å². The Morgan fingerprint density at radius 1 is 0.723 bits per heavy atom. The molecule has 2 saturated heterocycles. The molecule has 4 heteroatoms. The van der Waals surface area contributed by atoms with Crippen LogP contribution in [0.1, 0.15) is 108 Å². The fourth-order valence-electron chi connectivity index (χ4n) is 13.4. The molecule has 0 amide bonds. The van der Waals surface area contributed by atoms with Gasteiger partial charge < -0.3 is 15.3 Å². The van der Waals surface area contributed by atoms with E-state index in [1.165, 1.54) is 56.2 Å². The van der Waals surface area contributed by atoms with Crippen molar-refractivity contribution in [2.75, 3.05) is 13.1 Å². The van der Waals surface area contributed by atoms with Crippen molar-refractivity contribution in [3.05, 3.63) is 71.8 Å². The number of rotatable bonds is 7. The molecule has 4 saturated carbocycles. The second-order valence-electron chi connectivity index (χ2n) is 17.9. The van der Waals surface area contributed by atoms with Gasteiger partial charge in [-0.15, -0.1) is 0 Å². The van der Waals surface area contributed by atoms with Gasteiger partial charge in [0.2, 0.25) is 0 Å². The molecule has 47 heavy (non-hydrogen) atoms. The first-order valence-corrected chi connectivity index (χ1v) is 19.6. The number of aryl methyl sites for hydroxylation is 1. The predicted octanol–water partition coefficient (Wildman–Crippen LogP) is 7.86. The van der Waals surface area contributed by atoms with Crippen molar-refractivity contribution in [1.29, 1.82) is 0 Å². The van der Waals surface area contributed by atoms with Gasteiger partial charge in [0.05, 0.1) is 17.8 Å². The minimum atomic E-state index is -0.615. The second kappa shape index (κ2) is 12.9. The molecule has 2 aromatic rings. The molecular weight excluding hydrogens is 578 g/mol. The van der Waals surface area contributed by atoms with E-state index in [-0.39, 0.29) is 23.5 Å². The van der Waals surface area contributed by atoms with Gasteiger partial charge >= 0.3 is 0 Å². The lowest BCUT2D eigenvalue weighted by Gasteiger charge is -2.60. The van der Waals surface area contributed by atoms with Crippen LogP contribution in [0.5, 0.6) is 0 Å². The van der Waals surface area contributed by atoms with E-state index in [4.69, 9.17) is 0 Å². The summed E-state index contributed by atoms with van der Waals surface area (Å²) in [4.78, 5) is 2.78. The van der Waals surface area contributed by atoms with E-state index in [0.717, 1.165) is 51.5 Å². The van der Waals surface area contributed by atoms with Crippen molar-refractivity contribution in [2.45, 2.75) is 127 Å². The third-order valence-corrected chi connectivity index (χ3v) is 15.7. The smallest absolute Gasteiger partial charge is 0.0805 e. The van der Waals surface area contributed by atoms with Gasteiger partial charge in [0.15, 0.2) is 0 Å². The Morgan fingerprint density at radius 2 is 1.49 bits per heavy atom. The molecule has 6 fully saturated rings. The minimum absolute atomic E-state index is 0.153. The number of aliphatic hydroxyl groups excluding tert-OH is 2. The van der Waals surface area contributed by atoms with Gasteiger partial charge in [-0.05, 0) is 160 Å². The van der Waals surface area contributed by atoms with Crippen molar-refractivity contribution in [1.82, 2.24) is 4.90 Å². The summed E-state index contributed by atoms with van der Waals surface area (Å²) >= 11 is 0. The van der Waals surface area contributed by atoms with Crippen LogP contribution >= 0.6 is 0 Å². The average Bonchev–Trinajstić information content (AvgIpc) is 3.46. The quantitative estimate of drug-likeness (QED) is 0.289. The predicted molar refractivity (Wildman–Crippen MR) is 189 cm³/mol. The molecule has 0 bridgehead atoms. The summed E-state index contributed by atoms with van der Waals surface area (Å²) in [6.07, 6.45) is 14.1. The third-order valence-electron chi connectivity index (χ3n) is 15.7. The molecule has 4 nitrogen and oxygen atoms in total. The highest BCUT2D eigenvalue weighted by Crippen LogP contribution is 2.67. The molecule has 0 unspecified atom stereocenters. The topological polar surface area (TPSA) is 63.9 Å². The summed E-state index contributed by atoms with van der Waals surface area (Å²) in [5.41, 5.74) is 2.47. The van der Waals surface area contributed by atoms with Crippen LogP contribution in [0.3, 0.4) is 0 Å². The zero-order chi connectivity index (χ0) is 32.3. The third kappa shape index (κ3) is 5.85. The molecular formula is C43H61NO3. The van der Waals surface area contributed by atoms with Crippen LogP contribution in [0.25, 0.3) is 0 Å². The maximum absolute atomic E-state index is 12.4. The van der Waals surface area contributed by atoms with Crippen LogP contribution in [0.2, 0.25) is 0 Å². The van der Waals surface area contributed by atoms with E-state index < -0.39 is 5.60 Å². The van der Waals surface area contributed by atoms with Crippen LogP contribution in [-0.4, -0.2) is 57.2 Å². The summed E-state index contributed by atoms with van der Waals surface area (Å²) in [7, 11) is 0. The highest BCUT2D eigenvalue weighted by atomic mass is 16.3. The standard InChI is InChI=1S/C43H61NO3/c1-42-22-21-32(45)23-39(42)40(46)25-35-33-18-19-37-36(34(33)24-38(35)42)27-44-26-29(15-20-41(44)43(37,2)47)14-17-31(30-11-7-4-8-12-30)16-13-28-9-5-3-6-10-28/h3-12,29,31-41,45-47H,13-27H2,1-2H3/t29-,31-,32-,33+,34+,35+,36-,37+,38-,39+,40-,41-,42+,43-/m0/s1. The number of nitrogens with zero attached hydrogens (tertiary/aromatic N) is 1. The summed E-state index contributed by atoms with van der Waals surface area (Å²) in [5.74, 6) is 5.18. The Morgan fingerprint density at radius 3 is 2.28 bits per heavy atom. The summed E-state index contributed by atoms with van der Waals surface area (Å²) in [5, 5.41) is 34.3. The van der Waals surface area contributed by atoms with Crippen LogP contribution in [0, 0.1) is 52.8 Å². The minimum Gasteiger partial charge on any atom is -0.393 e. The first kappa shape index (κ1) is 32.5. The largest absolute Gasteiger partial charge is 0.393 e. The van der Waals surface area contributed by atoms with Gasteiger partial charge in [0.1, 0.15) is 0 Å². The SMILES string of the molecule is C[C@]1(O)[C@@H]2CC[C@@H]3[C@@H](C[C@H]4[C@@H]3C[C@H](O)[C@H]3C[C@@H](O)CC[C@@]34C)[C@@H]2CN2C[C@@H](CC[C@H](CCc3ccccc3)c3ccccc3)CC[C@H]21. The lowest BCUT2D eigenvalue weighted by atomic mass is 9.51. The maximum Gasteiger partial charge on any atom is 0.0805 e. The van der Waals surface area contributed by atoms with Crippen molar-refractivity contribution in [3.8, 4) is 0 Å². The van der Waals surface area contributed by atoms with Gasteiger partial charge in [-0.25, -0.2) is 0 Å². The monoisotopic (exact) mass is 639 g/mol. The Bertz CT molecular complexity index is 1350. The van der Waals surface area contributed by atoms with Gasteiger partial charge in [-0.3, -0.25) is 4.90 Å². The molecule has 8 rings (SSSR count). The van der Waals surface area contributed by atoms with Crippen molar-refractivity contribution < 1.29 is 15.3 Å². The van der Waals surface area contributed by atoms with Crippen LogP contribution in [-0.2, 0) is 6.42 Å². The molecule has 0 spiro atoms. The van der Waals surface area contributed by atoms with Crippen molar-refractivity contribution in [3.63, 3.8) is 0 Å². The van der Waals surface area contributed by atoms with E-state index in [9.17, 15) is 15.3 Å². The number of piperidine rings is 2. The van der Waals surface area contributed by atoms with Gasteiger partial charge in [-0.1, -0.05) is 67.6 Å². The zero-order valence-corrected chi connectivity index (χ0v) is 29.1. The average molecular weight is 640 g/mol. The first-order chi connectivity index (χ1) is 22.7. The second-order valence-corrected chi connectivity index (χ2v) is 17.9. The zero-order valence-electron chi connectivity index (χ0n) is 29.1. The molecule has 14 atom stereocenters. The number of benzene rings is 2. The van der Waals surface area contributed by atoms with E-state index >= 15 is 0 Å². The molecule has 256 valence electrons. The van der Waals surface area contributed by atoms with Crippen LogP contribution < -0.4 is 0 Å². The fourth-order valence-corrected chi connectivity index (χ4v) is 13.4. The van der Waals surface area contributed by atoms with E-state index in [2.05, 4.69) is 79.4 Å². The number of fused-ring (bicyclic) bond motifs is 8. The molecule has 2 heterocycles. The van der Waals surface area contributed by atoms with Crippen molar-refractivity contribution in [2.24, 2.45) is 52.8 Å². The van der Waals surface area contributed by atoms with E-state index in [1.54, 1.807) is 0 Å². The first-order valence-electron chi connectivity index (χ1n) is 19.6. The Kier molecular flexibility index (Phi) is 8.89. The summed E-state index contributed by atoms with van der Waals surface area (Å²) in [6.45, 7) is 7.00. The molecule has 6 aliphatic rings. The Labute approximate surface area is 284 Å². The summed E-state index contributed by atoms with van der Waals surface area (Å²) < 4.78 is 0. The molecule has 2 aromatic carbocycles. The Balaban J connectivity index is 0.961. The molecule has 0 aromatic heterocycles. The molecule has 3 N–H and O–H groups in total. The van der Waals surface area contributed by atoms with Crippen molar-refractivity contribution >= 4 is 0 Å². The highest BCUT2D eigenvalue weighted by molar-refractivity contribution is 5.21. The fraction of sp³-hybridized carbons (Fsp3) is 0.721. The van der Waals surface area contributed by atoms with Gasteiger partial charge in [0, 0.05) is 19.1 Å². The Hall–Kier alpha value is -1.72. The van der Waals surface area contributed by atoms with E-state index in [0.29, 0.717) is 53.4 Å². The van der Waals surface area contributed by atoms with Gasteiger partial charge in [0.25, 0.3) is 0 Å². The van der Waals surface area contributed by atoms with Gasteiger partial charge in [-0.2, -0.15) is 0 Å². The highest BCUT2D eigenvalue weighted by Gasteiger charge is 2.64. The lowest BCUT2D eigenvalue weighted by Crippen LogP contribution is -2.67.